The lowest BCUT2D eigenvalue weighted by Crippen LogP contribution is -2.38. The summed E-state index contributed by atoms with van der Waals surface area (Å²) in [7, 11) is 0. The van der Waals surface area contributed by atoms with Gasteiger partial charge in [-0.3, -0.25) is 0 Å². The Kier molecular flexibility index (Phi) is 7.15. The van der Waals surface area contributed by atoms with E-state index < -0.39 is 0 Å². The second-order valence-electron chi connectivity index (χ2n) is 4.31. The van der Waals surface area contributed by atoms with Gasteiger partial charge in [0.15, 0.2) is 0 Å². The average molecular weight is 203 g/mol. The highest BCUT2D eigenvalue weighted by atomic mass is 16.5. The van der Waals surface area contributed by atoms with E-state index in [1.165, 1.54) is 0 Å². The van der Waals surface area contributed by atoms with E-state index in [1.807, 2.05) is 13.8 Å². The van der Waals surface area contributed by atoms with Gasteiger partial charge in [-0.05, 0) is 34.2 Å². The van der Waals surface area contributed by atoms with Crippen molar-refractivity contribution in [3.8, 4) is 0 Å². The predicted molar refractivity (Wildman–Crippen MR) is 59.7 cm³/mol. The van der Waals surface area contributed by atoms with E-state index in [-0.39, 0.29) is 11.7 Å². The summed E-state index contributed by atoms with van der Waals surface area (Å²) in [5.41, 5.74) is -0.101. The van der Waals surface area contributed by atoms with Crippen molar-refractivity contribution in [1.29, 1.82) is 0 Å². The standard InChI is InChI=1S/C11H25NO2/c1-6-12-9-11(4,5)14-8-7-13-10(2)3/h10,12H,6-9H2,1-5H3. The van der Waals surface area contributed by atoms with Crippen molar-refractivity contribution < 1.29 is 9.47 Å². The van der Waals surface area contributed by atoms with Gasteiger partial charge in [0.05, 0.1) is 24.9 Å². The minimum atomic E-state index is -0.101. The van der Waals surface area contributed by atoms with Gasteiger partial charge in [-0.2, -0.15) is 0 Å². The van der Waals surface area contributed by atoms with Crippen molar-refractivity contribution >= 4 is 0 Å². The summed E-state index contributed by atoms with van der Waals surface area (Å²) in [4.78, 5) is 0. The molecule has 0 aromatic heterocycles. The van der Waals surface area contributed by atoms with Crippen molar-refractivity contribution in [2.24, 2.45) is 0 Å². The van der Waals surface area contributed by atoms with Crippen LogP contribution in [0.2, 0.25) is 0 Å². The van der Waals surface area contributed by atoms with E-state index in [4.69, 9.17) is 9.47 Å². The molecule has 0 fully saturated rings. The van der Waals surface area contributed by atoms with Gasteiger partial charge >= 0.3 is 0 Å². The Bertz CT molecular complexity index is 135. The molecule has 0 aromatic carbocycles. The lowest BCUT2D eigenvalue weighted by molar-refractivity contribution is -0.0536. The van der Waals surface area contributed by atoms with E-state index in [2.05, 4.69) is 26.1 Å². The van der Waals surface area contributed by atoms with E-state index in [0.717, 1.165) is 13.1 Å². The maximum Gasteiger partial charge on any atom is 0.0751 e. The number of hydrogen-bond donors (Lipinski definition) is 1. The molecule has 0 radical (unpaired) electrons. The van der Waals surface area contributed by atoms with E-state index in [1.54, 1.807) is 0 Å². The summed E-state index contributed by atoms with van der Waals surface area (Å²) >= 11 is 0. The Balaban J connectivity index is 3.44. The summed E-state index contributed by atoms with van der Waals surface area (Å²) in [6.45, 7) is 13.5. The van der Waals surface area contributed by atoms with Gasteiger partial charge < -0.3 is 14.8 Å². The molecule has 14 heavy (non-hydrogen) atoms. The largest absolute Gasteiger partial charge is 0.376 e. The zero-order valence-electron chi connectivity index (χ0n) is 10.2. The van der Waals surface area contributed by atoms with Crippen LogP contribution in [-0.4, -0.2) is 38.0 Å². The fraction of sp³-hybridized carbons (Fsp3) is 1.00. The molecule has 1 N–H and O–H groups in total. The van der Waals surface area contributed by atoms with Crippen LogP contribution in [0.25, 0.3) is 0 Å². The molecule has 0 rings (SSSR count). The van der Waals surface area contributed by atoms with Crippen LogP contribution in [0, 0.1) is 0 Å². The molecule has 3 nitrogen and oxygen atoms in total. The van der Waals surface area contributed by atoms with Gasteiger partial charge in [0.25, 0.3) is 0 Å². The number of nitrogens with one attached hydrogen (secondary N) is 1. The topological polar surface area (TPSA) is 30.5 Å². The third-order valence-corrected chi connectivity index (χ3v) is 1.83. The van der Waals surface area contributed by atoms with E-state index in [0.29, 0.717) is 13.2 Å². The van der Waals surface area contributed by atoms with Crippen molar-refractivity contribution in [3.05, 3.63) is 0 Å². The molecule has 0 saturated heterocycles. The first-order valence-electron chi connectivity index (χ1n) is 5.44. The first-order valence-corrected chi connectivity index (χ1v) is 5.44. The molecular formula is C11H25NO2. The van der Waals surface area contributed by atoms with E-state index in [9.17, 15) is 0 Å². The van der Waals surface area contributed by atoms with Crippen LogP contribution >= 0.6 is 0 Å². The highest BCUT2D eigenvalue weighted by molar-refractivity contribution is 4.71. The first-order chi connectivity index (χ1) is 6.48. The summed E-state index contributed by atoms with van der Waals surface area (Å²) in [5.74, 6) is 0. The molecule has 3 heteroatoms. The monoisotopic (exact) mass is 203 g/mol. The maximum absolute atomic E-state index is 5.69. The first kappa shape index (κ1) is 13.9. The smallest absolute Gasteiger partial charge is 0.0751 e. The van der Waals surface area contributed by atoms with E-state index >= 15 is 0 Å². The second-order valence-corrected chi connectivity index (χ2v) is 4.31. The second kappa shape index (κ2) is 7.21. The Morgan fingerprint density at radius 2 is 1.86 bits per heavy atom. The normalized spacial score (nSPS) is 12.4. The number of ether oxygens (including phenoxy) is 2. The van der Waals surface area contributed by atoms with Gasteiger partial charge in [-0.15, -0.1) is 0 Å². The summed E-state index contributed by atoms with van der Waals surface area (Å²) in [6, 6.07) is 0. The summed E-state index contributed by atoms with van der Waals surface area (Å²) in [5, 5.41) is 3.27. The molecule has 0 unspecified atom stereocenters. The lowest BCUT2D eigenvalue weighted by Gasteiger charge is -2.25. The van der Waals surface area contributed by atoms with Gasteiger partial charge in [-0.25, -0.2) is 0 Å². The average Bonchev–Trinajstić information content (AvgIpc) is 2.09. The molecule has 0 bridgehead atoms. The number of likely N-dealkylation sites (N-methyl/N-ethyl adjacent to an activating group) is 1. The summed E-state index contributed by atoms with van der Waals surface area (Å²) < 4.78 is 11.1. The number of rotatable bonds is 8. The zero-order chi connectivity index (χ0) is 11.0. The molecule has 0 atom stereocenters. The Morgan fingerprint density at radius 3 is 2.36 bits per heavy atom. The number of hydrogen-bond acceptors (Lipinski definition) is 3. The Morgan fingerprint density at radius 1 is 1.21 bits per heavy atom. The van der Waals surface area contributed by atoms with Crippen LogP contribution in [0.3, 0.4) is 0 Å². The van der Waals surface area contributed by atoms with Crippen molar-refractivity contribution in [1.82, 2.24) is 5.32 Å². The van der Waals surface area contributed by atoms with Crippen molar-refractivity contribution in [2.75, 3.05) is 26.3 Å². The van der Waals surface area contributed by atoms with Crippen LogP contribution in [0.4, 0.5) is 0 Å². The fourth-order valence-corrected chi connectivity index (χ4v) is 1.08. The third kappa shape index (κ3) is 8.48. The van der Waals surface area contributed by atoms with Crippen LogP contribution in [-0.2, 0) is 9.47 Å². The molecule has 0 aromatic rings. The highest BCUT2D eigenvalue weighted by Gasteiger charge is 2.16. The SMILES string of the molecule is CCNCC(C)(C)OCCOC(C)C. The minimum absolute atomic E-state index is 0.101. The predicted octanol–water partition coefficient (Wildman–Crippen LogP) is 1.82. The highest BCUT2D eigenvalue weighted by Crippen LogP contribution is 2.07. The van der Waals surface area contributed by atoms with Crippen LogP contribution in [0.5, 0.6) is 0 Å². The van der Waals surface area contributed by atoms with Gasteiger partial charge in [0.2, 0.25) is 0 Å². The maximum atomic E-state index is 5.69. The van der Waals surface area contributed by atoms with Crippen LogP contribution < -0.4 is 5.32 Å². The van der Waals surface area contributed by atoms with Crippen molar-refractivity contribution in [2.45, 2.75) is 46.3 Å². The molecule has 86 valence electrons. The molecule has 0 aliphatic heterocycles. The van der Waals surface area contributed by atoms with Crippen LogP contribution in [0.15, 0.2) is 0 Å². The van der Waals surface area contributed by atoms with Gasteiger partial charge in [-0.1, -0.05) is 6.92 Å². The molecule has 0 spiro atoms. The Hall–Kier alpha value is -0.120. The third-order valence-electron chi connectivity index (χ3n) is 1.83. The zero-order valence-corrected chi connectivity index (χ0v) is 10.2. The molecule has 0 saturated carbocycles. The minimum Gasteiger partial charge on any atom is -0.376 e. The molecule has 0 amide bonds. The molecule has 0 aliphatic rings. The van der Waals surface area contributed by atoms with Crippen LogP contribution in [0.1, 0.15) is 34.6 Å². The van der Waals surface area contributed by atoms with Gasteiger partial charge in [0, 0.05) is 6.54 Å². The molecular weight excluding hydrogens is 178 g/mol. The van der Waals surface area contributed by atoms with Crippen molar-refractivity contribution in [3.63, 3.8) is 0 Å². The molecule has 0 aliphatic carbocycles. The Labute approximate surface area is 88.2 Å². The quantitative estimate of drug-likeness (QED) is 0.610. The summed E-state index contributed by atoms with van der Waals surface area (Å²) in [6.07, 6.45) is 0.287. The fourth-order valence-electron chi connectivity index (χ4n) is 1.08. The molecule has 0 heterocycles. The lowest BCUT2D eigenvalue weighted by atomic mass is 10.1. The van der Waals surface area contributed by atoms with Gasteiger partial charge in [0.1, 0.15) is 0 Å².